The molecule has 5 heteroatoms. The van der Waals surface area contributed by atoms with Crippen LogP contribution in [0.5, 0.6) is 5.75 Å². The number of likely N-dealkylation sites (tertiary alicyclic amines) is 1. The van der Waals surface area contributed by atoms with E-state index >= 15 is 0 Å². The highest BCUT2D eigenvalue weighted by atomic mass is 35.5. The lowest BCUT2D eigenvalue weighted by Gasteiger charge is -2.32. The zero-order valence-corrected chi connectivity index (χ0v) is 14.5. The summed E-state index contributed by atoms with van der Waals surface area (Å²) < 4.78 is 5.71. The number of hydrogen-bond donors (Lipinski definition) is 1. The molecule has 0 saturated carbocycles. The Bertz CT molecular complexity index is 486. The van der Waals surface area contributed by atoms with Crippen LogP contribution in [-0.2, 0) is 6.54 Å². The first-order chi connectivity index (χ1) is 10.1. The Morgan fingerprint density at radius 3 is 2.59 bits per heavy atom. The van der Waals surface area contributed by atoms with E-state index in [9.17, 15) is 4.79 Å². The van der Waals surface area contributed by atoms with Crippen molar-refractivity contribution in [2.24, 2.45) is 0 Å². The molecular weight excluding hydrogens is 300 g/mol. The standard InChI is InChI=1S/C17H26N2O2.ClH/c1-4-21-17-6-5-14(13(2)20)11-15(17)12-19-9-7-16(18-3)8-10-19;/h5-6,11,16,18H,4,7-10,12H2,1-3H3;1H. The van der Waals surface area contributed by atoms with E-state index in [0.717, 1.165) is 36.5 Å². The van der Waals surface area contributed by atoms with Gasteiger partial charge in [-0.15, -0.1) is 12.4 Å². The Morgan fingerprint density at radius 2 is 2.05 bits per heavy atom. The molecule has 1 aromatic carbocycles. The summed E-state index contributed by atoms with van der Waals surface area (Å²) in [5.41, 5.74) is 1.88. The number of piperidine rings is 1. The monoisotopic (exact) mass is 326 g/mol. The van der Waals surface area contributed by atoms with Crippen LogP contribution in [-0.4, -0.2) is 43.5 Å². The first-order valence-corrected chi connectivity index (χ1v) is 7.80. The maximum absolute atomic E-state index is 11.6. The fourth-order valence-corrected chi connectivity index (χ4v) is 2.84. The molecular formula is C17H27ClN2O2. The van der Waals surface area contributed by atoms with Crippen LogP contribution in [0.25, 0.3) is 0 Å². The van der Waals surface area contributed by atoms with Crippen molar-refractivity contribution in [3.8, 4) is 5.75 Å². The average molecular weight is 327 g/mol. The summed E-state index contributed by atoms with van der Waals surface area (Å²) in [5, 5.41) is 3.35. The van der Waals surface area contributed by atoms with Gasteiger partial charge >= 0.3 is 0 Å². The molecule has 0 bridgehead atoms. The largest absolute Gasteiger partial charge is 0.494 e. The van der Waals surface area contributed by atoms with Crippen LogP contribution in [0.3, 0.4) is 0 Å². The van der Waals surface area contributed by atoms with Crippen molar-refractivity contribution in [2.45, 2.75) is 39.3 Å². The van der Waals surface area contributed by atoms with E-state index in [1.807, 2.05) is 32.2 Å². The summed E-state index contributed by atoms with van der Waals surface area (Å²) in [4.78, 5) is 14.0. The maximum atomic E-state index is 11.6. The maximum Gasteiger partial charge on any atom is 0.159 e. The lowest BCUT2D eigenvalue weighted by atomic mass is 10.0. The third-order valence-corrected chi connectivity index (χ3v) is 4.16. The zero-order chi connectivity index (χ0) is 15.2. The zero-order valence-electron chi connectivity index (χ0n) is 13.7. The van der Waals surface area contributed by atoms with Gasteiger partial charge in [0.2, 0.25) is 0 Å². The van der Waals surface area contributed by atoms with Gasteiger partial charge in [0.15, 0.2) is 5.78 Å². The van der Waals surface area contributed by atoms with Crippen LogP contribution in [0.4, 0.5) is 0 Å². The molecule has 1 N–H and O–H groups in total. The number of carbonyl (C=O) groups is 1. The number of ketones is 1. The van der Waals surface area contributed by atoms with Gasteiger partial charge in [0.25, 0.3) is 0 Å². The highest BCUT2D eigenvalue weighted by Gasteiger charge is 2.19. The summed E-state index contributed by atoms with van der Waals surface area (Å²) in [7, 11) is 2.03. The number of halogens is 1. The molecule has 0 amide bonds. The van der Waals surface area contributed by atoms with Crippen molar-refractivity contribution < 1.29 is 9.53 Å². The summed E-state index contributed by atoms with van der Waals surface area (Å²) in [6.45, 7) is 7.27. The van der Waals surface area contributed by atoms with Crippen molar-refractivity contribution in [2.75, 3.05) is 26.7 Å². The Morgan fingerprint density at radius 1 is 1.36 bits per heavy atom. The predicted octanol–water partition coefficient (Wildman–Crippen LogP) is 2.89. The molecule has 1 fully saturated rings. The van der Waals surface area contributed by atoms with Crippen molar-refractivity contribution >= 4 is 18.2 Å². The fourth-order valence-electron chi connectivity index (χ4n) is 2.84. The number of hydrogen-bond acceptors (Lipinski definition) is 4. The second-order valence-electron chi connectivity index (χ2n) is 5.65. The summed E-state index contributed by atoms with van der Waals surface area (Å²) in [5.74, 6) is 1.01. The van der Waals surface area contributed by atoms with Gasteiger partial charge in [0.1, 0.15) is 5.75 Å². The lowest BCUT2D eigenvalue weighted by Crippen LogP contribution is -2.40. The molecule has 0 aliphatic carbocycles. The van der Waals surface area contributed by atoms with Crippen LogP contribution in [0.2, 0.25) is 0 Å². The van der Waals surface area contributed by atoms with Gasteiger partial charge in [-0.3, -0.25) is 9.69 Å². The first-order valence-electron chi connectivity index (χ1n) is 7.80. The molecule has 0 radical (unpaired) electrons. The van der Waals surface area contributed by atoms with Gasteiger partial charge in [-0.25, -0.2) is 0 Å². The number of rotatable bonds is 6. The highest BCUT2D eigenvalue weighted by molar-refractivity contribution is 5.94. The summed E-state index contributed by atoms with van der Waals surface area (Å²) in [6, 6.07) is 6.40. The summed E-state index contributed by atoms with van der Waals surface area (Å²) in [6.07, 6.45) is 2.35. The van der Waals surface area contributed by atoms with E-state index in [0.29, 0.717) is 12.6 Å². The number of Topliss-reactive ketones (excluding diaryl/α,β-unsaturated/α-hetero) is 1. The smallest absolute Gasteiger partial charge is 0.159 e. The van der Waals surface area contributed by atoms with Gasteiger partial charge in [-0.05, 0) is 65.0 Å². The molecule has 1 aromatic rings. The SMILES string of the molecule is CCOc1ccc(C(C)=O)cc1CN1CCC(NC)CC1.Cl. The van der Waals surface area contributed by atoms with Crippen molar-refractivity contribution in [3.05, 3.63) is 29.3 Å². The third-order valence-electron chi connectivity index (χ3n) is 4.16. The Balaban J connectivity index is 0.00000242. The number of ether oxygens (including phenoxy) is 1. The van der Waals surface area contributed by atoms with Gasteiger partial charge in [-0.2, -0.15) is 0 Å². The molecule has 22 heavy (non-hydrogen) atoms. The molecule has 1 heterocycles. The number of benzene rings is 1. The molecule has 0 atom stereocenters. The minimum atomic E-state index is 0. The van der Waals surface area contributed by atoms with Crippen LogP contribution in [0, 0.1) is 0 Å². The predicted molar refractivity (Wildman–Crippen MR) is 92.2 cm³/mol. The number of carbonyl (C=O) groups excluding carboxylic acids is 1. The minimum absolute atomic E-state index is 0. The fraction of sp³-hybridized carbons (Fsp3) is 0.588. The molecule has 1 aliphatic rings. The molecule has 124 valence electrons. The van der Waals surface area contributed by atoms with E-state index in [4.69, 9.17) is 4.74 Å². The minimum Gasteiger partial charge on any atom is -0.494 e. The van der Waals surface area contributed by atoms with Gasteiger partial charge in [0, 0.05) is 23.7 Å². The second kappa shape index (κ2) is 9.13. The van der Waals surface area contributed by atoms with Gasteiger partial charge in [-0.1, -0.05) is 0 Å². The van der Waals surface area contributed by atoms with Crippen molar-refractivity contribution in [3.63, 3.8) is 0 Å². The van der Waals surface area contributed by atoms with Crippen LogP contribution in [0.1, 0.15) is 42.6 Å². The quantitative estimate of drug-likeness (QED) is 0.816. The first kappa shape index (κ1) is 18.9. The Labute approximate surface area is 139 Å². The van der Waals surface area contributed by atoms with E-state index in [1.54, 1.807) is 6.92 Å². The molecule has 0 unspecified atom stereocenters. The topological polar surface area (TPSA) is 41.6 Å². The molecule has 0 aromatic heterocycles. The molecule has 0 spiro atoms. The second-order valence-corrected chi connectivity index (χ2v) is 5.65. The van der Waals surface area contributed by atoms with E-state index < -0.39 is 0 Å². The molecule has 1 aliphatic heterocycles. The Hall–Kier alpha value is -1.10. The summed E-state index contributed by atoms with van der Waals surface area (Å²) >= 11 is 0. The van der Waals surface area contributed by atoms with Crippen LogP contribution in [0.15, 0.2) is 18.2 Å². The normalized spacial score (nSPS) is 16.1. The van der Waals surface area contributed by atoms with Crippen LogP contribution < -0.4 is 10.1 Å². The van der Waals surface area contributed by atoms with Crippen LogP contribution >= 0.6 is 12.4 Å². The van der Waals surface area contributed by atoms with Crippen molar-refractivity contribution in [1.82, 2.24) is 10.2 Å². The van der Waals surface area contributed by atoms with Crippen molar-refractivity contribution in [1.29, 1.82) is 0 Å². The lowest BCUT2D eigenvalue weighted by molar-refractivity contribution is 0.101. The van der Waals surface area contributed by atoms with Gasteiger partial charge in [0.05, 0.1) is 6.61 Å². The number of nitrogens with zero attached hydrogens (tertiary/aromatic N) is 1. The molecule has 2 rings (SSSR count). The average Bonchev–Trinajstić information content (AvgIpc) is 2.50. The van der Waals surface area contributed by atoms with Gasteiger partial charge < -0.3 is 10.1 Å². The van der Waals surface area contributed by atoms with E-state index in [-0.39, 0.29) is 18.2 Å². The molecule has 4 nitrogen and oxygen atoms in total. The van der Waals surface area contributed by atoms with E-state index in [1.165, 1.54) is 12.8 Å². The highest BCUT2D eigenvalue weighted by Crippen LogP contribution is 2.24. The third kappa shape index (κ3) is 4.97. The van der Waals surface area contributed by atoms with E-state index in [2.05, 4.69) is 10.2 Å². The Kier molecular flexibility index (Phi) is 7.87. The number of nitrogens with one attached hydrogen (secondary N) is 1. The molecule has 1 saturated heterocycles.